The molecule has 0 bridgehead atoms. The van der Waals surface area contributed by atoms with Crippen molar-refractivity contribution in [3.8, 4) is 11.3 Å². The Hall–Kier alpha value is -5.24. The zero-order valence-corrected chi connectivity index (χ0v) is 27.2. The summed E-state index contributed by atoms with van der Waals surface area (Å²) in [5.41, 5.74) is 4.90. The molecular weight excluding hydrogens is 600 g/mol. The fourth-order valence-corrected chi connectivity index (χ4v) is 6.67. The number of hydrogen-bond acceptors (Lipinski definition) is 6. The smallest absolute Gasteiger partial charge is 0.336 e. The number of aromatic nitrogens is 2. The van der Waals surface area contributed by atoms with Gasteiger partial charge >= 0.3 is 5.97 Å². The number of carbonyl (C=O) groups excluding carboxylic acids is 1. The molecule has 0 spiro atoms. The number of fused-ring (bicyclic) bond motifs is 1. The molecule has 1 aromatic heterocycles. The first-order valence-electron chi connectivity index (χ1n) is 17.0. The molecule has 2 aliphatic rings. The number of hydrogen-bond donors (Lipinski definition) is 2. The zero-order valence-electron chi connectivity index (χ0n) is 27.2. The van der Waals surface area contributed by atoms with Crippen LogP contribution in [-0.2, 0) is 0 Å². The van der Waals surface area contributed by atoms with E-state index in [2.05, 4.69) is 44.3 Å². The quantitative estimate of drug-likeness (QED) is 0.181. The summed E-state index contributed by atoms with van der Waals surface area (Å²) < 4.78 is 0. The minimum atomic E-state index is -1.08. The second-order valence-corrected chi connectivity index (χ2v) is 12.5. The molecular formula is C40H42N4O4. The van der Waals surface area contributed by atoms with E-state index in [-0.39, 0.29) is 22.5 Å². The maximum absolute atomic E-state index is 12.6. The number of aromatic amines is 1. The van der Waals surface area contributed by atoms with Crippen LogP contribution in [0.15, 0.2) is 102 Å². The van der Waals surface area contributed by atoms with E-state index >= 15 is 0 Å². The van der Waals surface area contributed by atoms with Crippen molar-refractivity contribution in [1.82, 2.24) is 10.2 Å². The molecule has 246 valence electrons. The number of carboxylic acid groups (broad SMARTS) is 1. The van der Waals surface area contributed by atoms with E-state index in [1.54, 1.807) is 30.3 Å². The third kappa shape index (κ3) is 7.65. The van der Waals surface area contributed by atoms with Crippen molar-refractivity contribution in [3.05, 3.63) is 124 Å². The van der Waals surface area contributed by atoms with E-state index in [1.165, 1.54) is 63.1 Å². The number of carbonyl (C=O) groups is 2. The molecule has 3 heterocycles. The maximum Gasteiger partial charge on any atom is 0.336 e. The van der Waals surface area contributed by atoms with Crippen molar-refractivity contribution in [2.45, 2.75) is 51.4 Å². The van der Waals surface area contributed by atoms with E-state index in [0.717, 1.165) is 48.5 Å². The average molecular weight is 643 g/mol. The van der Waals surface area contributed by atoms with Crippen LogP contribution in [0.5, 0.6) is 0 Å². The molecule has 4 aromatic carbocycles. The minimum absolute atomic E-state index is 0.0408. The Kier molecular flexibility index (Phi) is 10.6. The standard InChI is InChI=1S/C20H21N3O.C20H21NO3/c24-20-18-8-4-3-7-17(18)19(21-22-20)15-9-11-16(12-10-15)23-13-5-1-2-6-14-23;22-19(17-7-3-4-8-18(17)20(23)24)15-9-11-16(12-10-15)21-13-5-1-2-6-14-21/h3-4,7-12H,1-2,5-6,13-14H2,(H,22,24);3-4,7-12H,1-2,5-6,13-14H2,(H,23,24). The first-order chi connectivity index (χ1) is 23.5. The summed E-state index contributed by atoms with van der Waals surface area (Å²) >= 11 is 0. The summed E-state index contributed by atoms with van der Waals surface area (Å²) in [6.45, 7) is 4.38. The molecule has 0 radical (unpaired) electrons. The average Bonchev–Trinajstić information content (AvgIpc) is 3.59. The molecule has 0 saturated carbocycles. The van der Waals surface area contributed by atoms with E-state index in [4.69, 9.17) is 0 Å². The second-order valence-electron chi connectivity index (χ2n) is 12.5. The van der Waals surface area contributed by atoms with Crippen LogP contribution in [-0.4, -0.2) is 53.2 Å². The third-order valence-corrected chi connectivity index (χ3v) is 9.31. The Labute approximate surface area is 281 Å². The van der Waals surface area contributed by atoms with Crippen molar-refractivity contribution >= 4 is 33.9 Å². The highest BCUT2D eigenvalue weighted by molar-refractivity contribution is 6.14. The molecule has 2 fully saturated rings. The number of nitrogens with zero attached hydrogens (tertiary/aromatic N) is 3. The predicted octanol–water partition coefficient (Wildman–Crippen LogP) is 7.97. The topological polar surface area (TPSA) is 107 Å². The maximum atomic E-state index is 12.6. The molecule has 48 heavy (non-hydrogen) atoms. The normalized spacial score (nSPS) is 15.2. The summed E-state index contributed by atoms with van der Waals surface area (Å²) in [7, 11) is 0. The summed E-state index contributed by atoms with van der Waals surface area (Å²) in [4.78, 5) is 40.7. The Morgan fingerprint density at radius 1 is 0.583 bits per heavy atom. The Bertz CT molecular complexity index is 1900. The Morgan fingerprint density at radius 3 is 1.60 bits per heavy atom. The number of rotatable bonds is 6. The van der Waals surface area contributed by atoms with Gasteiger partial charge in [0.15, 0.2) is 5.78 Å². The van der Waals surface area contributed by atoms with Gasteiger partial charge in [-0.1, -0.05) is 74.2 Å². The lowest BCUT2D eigenvalue weighted by molar-refractivity contribution is 0.0692. The number of anilines is 2. The number of nitrogens with one attached hydrogen (secondary N) is 1. The molecule has 8 heteroatoms. The van der Waals surface area contributed by atoms with Gasteiger partial charge in [-0.2, -0.15) is 5.10 Å². The van der Waals surface area contributed by atoms with Gasteiger partial charge in [0.05, 0.1) is 16.6 Å². The summed E-state index contributed by atoms with van der Waals surface area (Å²) in [5, 5.41) is 17.7. The fourth-order valence-electron chi connectivity index (χ4n) is 6.67. The van der Waals surface area contributed by atoms with E-state index in [1.807, 2.05) is 36.4 Å². The van der Waals surface area contributed by atoms with Crippen LogP contribution >= 0.6 is 0 Å². The number of aromatic carboxylic acids is 1. The van der Waals surface area contributed by atoms with Gasteiger partial charge in [-0.05, 0) is 74.2 Å². The van der Waals surface area contributed by atoms with Gasteiger partial charge in [0.2, 0.25) is 0 Å². The molecule has 2 saturated heterocycles. The monoisotopic (exact) mass is 642 g/mol. The Balaban J connectivity index is 0.000000167. The van der Waals surface area contributed by atoms with Crippen LogP contribution in [0, 0.1) is 0 Å². The van der Waals surface area contributed by atoms with Gasteiger partial charge in [0.1, 0.15) is 0 Å². The van der Waals surface area contributed by atoms with Crippen molar-refractivity contribution in [1.29, 1.82) is 0 Å². The third-order valence-electron chi connectivity index (χ3n) is 9.31. The fraction of sp³-hybridized carbons (Fsp3) is 0.300. The summed E-state index contributed by atoms with van der Waals surface area (Å²) in [6, 6.07) is 30.0. The van der Waals surface area contributed by atoms with Crippen molar-refractivity contribution in [2.24, 2.45) is 0 Å². The van der Waals surface area contributed by atoms with Gasteiger partial charge in [-0.3, -0.25) is 9.59 Å². The van der Waals surface area contributed by atoms with Crippen LogP contribution in [0.1, 0.15) is 77.6 Å². The first-order valence-corrected chi connectivity index (χ1v) is 17.0. The van der Waals surface area contributed by atoms with Crippen molar-refractivity contribution in [3.63, 3.8) is 0 Å². The minimum Gasteiger partial charge on any atom is -0.478 e. The van der Waals surface area contributed by atoms with Crippen molar-refractivity contribution < 1.29 is 14.7 Å². The highest BCUT2D eigenvalue weighted by Crippen LogP contribution is 2.28. The van der Waals surface area contributed by atoms with E-state index < -0.39 is 5.97 Å². The number of benzene rings is 4. The number of ketones is 1. The van der Waals surface area contributed by atoms with Crippen LogP contribution in [0.3, 0.4) is 0 Å². The summed E-state index contributed by atoms with van der Waals surface area (Å²) in [6.07, 6.45) is 10.2. The lowest BCUT2D eigenvalue weighted by Crippen LogP contribution is -2.23. The molecule has 8 nitrogen and oxygen atoms in total. The molecule has 2 N–H and O–H groups in total. The van der Waals surface area contributed by atoms with E-state index in [9.17, 15) is 19.5 Å². The molecule has 2 aliphatic heterocycles. The van der Waals surface area contributed by atoms with Crippen LogP contribution in [0.4, 0.5) is 11.4 Å². The highest BCUT2D eigenvalue weighted by Gasteiger charge is 2.18. The lowest BCUT2D eigenvalue weighted by atomic mass is 9.98. The zero-order chi connectivity index (χ0) is 33.3. The summed E-state index contributed by atoms with van der Waals surface area (Å²) in [5.74, 6) is -1.34. The molecule has 7 rings (SSSR count). The van der Waals surface area contributed by atoms with Gasteiger partial charge in [0, 0.05) is 59.6 Å². The number of H-pyrrole nitrogens is 1. The largest absolute Gasteiger partial charge is 0.478 e. The van der Waals surface area contributed by atoms with E-state index in [0.29, 0.717) is 10.9 Å². The second kappa shape index (κ2) is 15.6. The number of carboxylic acids is 1. The predicted molar refractivity (Wildman–Crippen MR) is 192 cm³/mol. The molecule has 5 aromatic rings. The van der Waals surface area contributed by atoms with Crippen LogP contribution in [0.25, 0.3) is 22.0 Å². The molecule has 0 atom stereocenters. The van der Waals surface area contributed by atoms with Gasteiger partial charge in [-0.25, -0.2) is 9.89 Å². The van der Waals surface area contributed by atoms with Gasteiger partial charge in [-0.15, -0.1) is 0 Å². The van der Waals surface area contributed by atoms with Gasteiger partial charge < -0.3 is 14.9 Å². The first kappa shape index (κ1) is 32.7. The molecule has 0 aliphatic carbocycles. The van der Waals surface area contributed by atoms with Crippen molar-refractivity contribution in [2.75, 3.05) is 36.0 Å². The highest BCUT2D eigenvalue weighted by atomic mass is 16.4. The Morgan fingerprint density at radius 2 is 1.06 bits per heavy atom. The lowest BCUT2D eigenvalue weighted by Gasteiger charge is -2.22. The molecule has 0 unspecified atom stereocenters. The van der Waals surface area contributed by atoms with Gasteiger partial charge in [0.25, 0.3) is 5.56 Å². The van der Waals surface area contributed by atoms with Crippen LogP contribution in [0.2, 0.25) is 0 Å². The van der Waals surface area contributed by atoms with Crippen LogP contribution < -0.4 is 15.4 Å². The SMILES string of the molecule is O=C(O)c1ccccc1C(=O)c1ccc(N2CCCCCC2)cc1.O=c1[nH]nc(-c2ccc(N3CCCCCC3)cc2)c2ccccc12. The molecule has 0 amide bonds.